The summed E-state index contributed by atoms with van der Waals surface area (Å²) in [6.45, 7) is 10.5. The molecule has 0 bridgehead atoms. The van der Waals surface area contributed by atoms with Crippen LogP contribution in [0.5, 0.6) is 0 Å². The average Bonchev–Trinajstić information content (AvgIpc) is 3.14. The highest BCUT2D eigenvalue weighted by Crippen LogP contribution is 2.52. The van der Waals surface area contributed by atoms with Crippen molar-refractivity contribution in [1.82, 2.24) is 9.80 Å². The molecular weight excluding hydrogens is 615 g/mol. The molecule has 2 saturated heterocycles. The van der Waals surface area contributed by atoms with Gasteiger partial charge in [0.1, 0.15) is 11.5 Å². The first-order chi connectivity index (χ1) is 21.1. The number of likely N-dealkylation sites (tertiary alicyclic amines) is 1. The van der Waals surface area contributed by atoms with E-state index in [9.17, 15) is 33.5 Å². The van der Waals surface area contributed by atoms with Crippen molar-refractivity contribution in [3.05, 3.63) is 58.4 Å². The van der Waals surface area contributed by atoms with Gasteiger partial charge in [-0.05, 0) is 38.5 Å². The second-order valence-electron chi connectivity index (χ2n) is 11.0. The number of β-lactam (4-membered cyclic amide) rings is 1. The number of nitrogens with zero attached hydrogens (tertiary/aromatic N) is 2. The number of aliphatic carboxylic acids is 2. The van der Waals surface area contributed by atoms with Crippen LogP contribution in [0.25, 0.3) is 0 Å². The molecule has 2 fully saturated rings. The molecule has 1 aromatic carbocycles. The van der Waals surface area contributed by atoms with E-state index < -0.39 is 48.5 Å². The number of esters is 1. The number of aliphatic hydroxyl groups excluding tert-OH is 1. The van der Waals surface area contributed by atoms with Gasteiger partial charge in [-0.15, -0.1) is 11.8 Å². The molecule has 13 nitrogen and oxygen atoms in total. The van der Waals surface area contributed by atoms with E-state index in [0.717, 1.165) is 23.6 Å². The van der Waals surface area contributed by atoms with Crippen molar-refractivity contribution >= 4 is 41.7 Å². The summed E-state index contributed by atoms with van der Waals surface area (Å²) in [6, 6.07) is 6.07. The Balaban J connectivity index is 0.000000610. The molecule has 5 atom stereocenters. The van der Waals surface area contributed by atoms with Crippen LogP contribution >= 0.6 is 11.8 Å². The molecule has 15 heteroatoms. The number of halogens is 1. The van der Waals surface area contributed by atoms with Gasteiger partial charge < -0.3 is 34.4 Å². The van der Waals surface area contributed by atoms with Crippen LogP contribution in [0.15, 0.2) is 47.0 Å². The highest BCUT2D eigenvalue weighted by atomic mass is 32.2. The number of hydrogen-bond donors (Lipinski definition) is 3. The number of benzene rings is 1. The Morgan fingerprint density at radius 2 is 1.58 bits per heavy atom. The van der Waals surface area contributed by atoms with Crippen LogP contribution in [-0.2, 0) is 39.9 Å². The molecule has 0 spiro atoms. The van der Waals surface area contributed by atoms with Crippen molar-refractivity contribution in [3.63, 3.8) is 0 Å². The standard InChI is InChI=1S/C26H33FN2O7S.C4H4O4/c1-13(2)34-26(33)36-16(5)35-25(32)22-23(14(3)21-20(15(4)30)24(31)29(21)22)37-19-11-28(12-19)10-17-6-8-18(27)9-7-17;5-3(6)1-2-4(7)8/h6-9,13-16,19-21,30H,10-12H2,1-5H3;1-2H,(H,5,6)(H,7,8)/b;2-1-/t14-,15-,16?,20-,21-;/m1./s1. The number of carbonyl (C=O) groups excluding carboxylic acids is 3. The van der Waals surface area contributed by atoms with Gasteiger partial charge in [-0.3, -0.25) is 9.69 Å². The van der Waals surface area contributed by atoms with E-state index in [1.807, 2.05) is 6.92 Å². The first-order valence-electron chi connectivity index (χ1n) is 14.2. The summed E-state index contributed by atoms with van der Waals surface area (Å²) in [7, 11) is 0. The SMILES string of the molecule is CC(C)OC(=O)OC(C)OC(=O)C1=C(SC2CN(Cc3ccc(F)cc3)C2)[C@H](C)[C@@H]2[C@@H]([C@@H](C)O)C(=O)N12.O=C(O)/C=C\C(=O)O. The lowest BCUT2D eigenvalue weighted by Crippen LogP contribution is -2.63. The molecule has 3 aliphatic rings. The lowest BCUT2D eigenvalue weighted by atomic mass is 9.79. The highest BCUT2D eigenvalue weighted by Gasteiger charge is 2.60. The van der Waals surface area contributed by atoms with Crippen molar-refractivity contribution in [2.75, 3.05) is 13.1 Å². The molecule has 0 saturated carbocycles. The minimum atomic E-state index is -1.26. The number of aliphatic hydroxyl groups is 1. The number of carboxylic acids is 2. The largest absolute Gasteiger partial charge is 0.511 e. The smallest absolute Gasteiger partial charge is 0.478 e. The van der Waals surface area contributed by atoms with Crippen LogP contribution in [0.1, 0.15) is 40.2 Å². The fraction of sp³-hybridized carbons (Fsp3) is 0.500. The summed E-state index contributed by atoms with van der Waals surface area (Å²) in [6.07, 6.45) is -2.29. The van der Waals surface area contributed by atoms with Crippen LogP contribution in [0.4, 0.5) is 9.18 Å². The first kappa shape index (κ1) is 35.5. The molecule has 3 aliphatic heterocycles. The Morgan fingerprint density at radius 3 is 2.09 bits per heavy atom. The number of rotatable bonds is 11. The maximum Gasteiger partial charge on any atom is 0.511 e. The number of fused-ring (bicyclic) bond motifs is 1. The van der Waals surface area contributed by atoms with E-state index in [4.69, 9.17) is 24.4 Å². The Bertz CT molecular complexity index is 1330. The van der Waals surface area contributed by atoms with Crippen LogP contribution in [0.3, 0.4) is 0 Å². The topological polar surface area (TPSA) is 180 Å². The van der Waals surface area contributed by atoms with Gasteiger partial charge >= 0.3 is 24.1 Å². The maximum absolute atomic E-state index is 13.2. The van der Waals surface area contributed by atoms with E-state index in [1.54, 1.807) is 32.9 Å². The lowest BCUT2D eigenvalue weighted by Gasteiger charge is -2.46. The summed E-state index contributed by atoms with van der Waals surface area (Å²) < 4.78 is 28.5. The van der Waals surface area contributed by atoms with Crippen molar-refractivity contribution in [1.29, 1.82) is 0 Å². The predicted octanol–water partition coefficient (Wildman–Crippen LogP) is 2.97. The van der Waals surface area contributed by atoms with Crippen LogP contribution in [0.2, 0.25) is 0 Å². The minimum Gasteiger partial charge on any atom is -0.478 e. The minimum absolute atomic E-state index is 0.147. The highest BCUT2D eigenvalue weighted by molar-refractivity contribution is 8.03. The monoisotopic (exact) mass is 652 g/mol. The zero-order valence-corrected chi connectivity index (χ0v) is 26.2. The Hall–Kier alpha value is -3.95. The number of thioether (sulfide) groups is 1. The molecule has 0 radical (unpaired) electrons. The summed E-state index contributed by atoms with van der Waals surface area (Å²) >= 11 is 1.54. The number of hydrogen-bond acceptors (Lipinski definition) is 11. The zero-order chi connectivity index (χ0) is 33.6. The molecule has 1 amide bonds. The molecule has 0 aliphatic carbocycles. The molecule has 246 valence electrons. The number of carboxylic acid groups (broad SMARTS) is 2. The fourth-order valence-electron chi connectivity index (χ4n) is 5.15. The molecule has 1 unspecified atom stereocenters. The van der Waals surface area contributed by atoms with Crippen LogP contribution in [0, 0.1) is 17.7 Å². The van der Waals surface area contributed by atoms with Gasteiger partial charge in [-0.2, -0.15) is 0 Å². The molecule has 4 rings (SSSR count). The lowest BCUT2D eigenvalue weighted by molar-refractivity contribution is -0.174. The van der Waals surface area contributed by atoms with Gasteiger partial charge in [-0.25, -0.2) is 23.6 Å². The van der Waals surface area contributed by atoms with Gasteiger partial charge in [-0.1, -0.05) is 19.1 Å². The summed E-state index contributed by atoms with van der Waals surface area (Å²) in [5, 5.41) is 26.0. The van der Waals surface area contributed by atoms with Gasteiger partial charge in [0.25, 0.3) is 0 Å². The molecule has 45 heavy (non-hydrogen) atoms. The van der Waals surface area contributed by atoms with Gasteiger partial charge in [0, 0.05) is 54.8 Å². The second kappa shape index (κ2) is 15.4. The van der Waals surface area contributed by atoms with Gasteiger partial charge in [0.2, 0.25) is 12.2 Å². The van der Waals surface area contributed by atoms with Crippen molar-refractivity contribution in [2.24, 2.45) is 11.8 Å². The molecule has 1 aromatic rings. The maximum atomic E-state index is 13.2. The Morgan fingerprint density at radius 1 is 1.00 bits per heavy atom. The molecule has 3 N–H and O–H groups in total. The van der Waals surface area contributed by atoms with Crippen molar-refractivity contribution in [3.8, 4) is 0 Å². The fourth-order valence-corrected chi connectivity index (χ4v) is 6.73. The van der Waals surface area contributed by atoms with E-state index in [-0.39, 0.29) is 34.6 Å². The quantitative estimate of drug-likeness (QED) is 0.138. The Kier molecular flexibility index (Phi) is 12.1. The number of amides is 1. The summed E-state index contributed by atoms with van der Waals surface area (Å²) in [5.41, 5.74) is 1.16. The average molecular weight is 653 g/mol. The molecule has 3 heterocycles. The third kappa shape index (κ3) is 9.28. The van der Waals surface area contributed by atoms with E-state index >= 15 is 0 Å². The molecular formula is C30H37FN2O11S. The third-order valence-corrected chi connectivity index (χ3v) is 8.52. The Labute approximate surface area is 263 Å². The predicted molar refractivity (Wildman–Crippen MR) is 158 cm³/mol. The van der Waals surface area contributed by atoms with Crippen LogP contribution in [-0.4, -0.2) is 98.0 Å². The zero-order valence-electron chi connectivity index (χ0n) is 25.4. The van der Waals surface area contributed by atoms with Gasteiger partial charge in [0.15, 0.2) is 0 Å². The van der Waals surface area contributed by atoms with E-state index in [2.05, 4.69) is 4.90 Å². The second-order valence-corrected chi connectivity index (χ2v) is 12.4. The normalized spacial score (nSPS) is 22.5. The summed E-state index contributed by atoms with van der Waals surface area (Å²) in [4.78, 5) is 61.4. The first-order valence-corrected chi connectivity index (χ1v) is 15.1. The molecule has 0 aromatic heterocycles. The van der Waals surface area contributed by atoms with Crippen molar-refractivity contribution in [2.45, 2.75) is 71.0 Å². The number of carbonyl (C=O) groups is 5. The number of ether oxygens (including phenoxy) is 3. The van der Waals surface area contributed by atoms with Gasteiger partial charge in [0.05, 0.1) is 24.2 Å². The van der Waals surface area contributed by atoms with E-state index in [0.29, 0.717) is 18.7 Å². The summed E-state index contributed by atoms with van der Waals surface area (Å²) in [5.74, 6) is -4.64. The van der Waals surface area contributed by atoms with Crippen LogP contribution < -0.4 is 0 Å². The third-order valence-electron chi connectivity index (χ3n) is 7.07. The van der Waals surface area contributed by atoms with Crippen molar-refractivity contribution < 1.29 is 57.9 Å². The van der Waals surface area contributed by atoms with E-state index in [1.165, 1.54) is 35.7 Å².